The first-order chi connectivity index (χ1) is 12.3. The van der Waals surface area contributed by atoms with Crippen molar-refractivity contribution in [1.29, 1.82) is 0 Å². The molecule has 1 aliphatic heterocycles. The van der Waals surface area contributed by atoms with Crippen molar-refractivity contribution < 1.29 is 4.74 Å². The average Bonchev–Trinajstić information content (AvgIpc) is 3.17. The average molecular weight is 339 g/mol. The number of rotatable bonds is 4. The van der Waals surface area contributed by atoms with E-state index >= 15 is 0 Å². The second-order valence-corrected chi connectivity index (χ2v) is 6.49. The summed E-state index contributed by atoms with van der Waals surface area (Å²) in [5.41, 5.74) is 2.21. The summed E-state index contributed by atoms with van der Waals surface area (Å²) in [6.07, 6.45) is 5.34. The van der Waals surface area contributed by atoms with E-state index in [9.17, 15) is 4.79 Å². The molecule has 0 aromatic carbocycles. The first-order valence-electron chi connectivity index (χ1n) is 8.38. The normalized spacial score (nSPS) is 23.2. The zero-order valence-electron chi connectivity index (χ0n) is 13.4. The Hall–Kier alpha value is -2.81. The third-order valence-electron chi connectivity index (χ3n) is 4.75. The lowest BCUT2D eigenvalue weighted by Crippen LogP contribution is -2.37. The van der Waals surface area contributed by atoms with Crippen LogP contribution in [0.1, 0.15) is 30.5 Å². The predicted molar refractivity (Wildman–Crippen MR) is 89.4 cm³/mol. The van der Waals surface area contributed by atoms with Crippen molar-refractivity contribution in [2.24, 2.45) is 0 Å². The molecule has 0 radical (unpaired) electrons. The lowest BCUT2D eigenvalue weighted by Gasteiger charge is -2.21. The van der Waals surface area contributed by atoms with E-state index in [1.54, 1.807) is 17.1 Å². The van der Waals surface area contributed by atoms with E-state index in [4.69, 9.17) is 4.74 Å². The van der Waals surface area contributed by atoms with Crippen molar-refractivity contribution in [3.8, 4) is 0 Å². The maximum absolute atomic E-state index is 12.3. The first-order valence-corrected chi connectivity index (χ1v) is 8.38. The molecule has 3 aromatic rings. The Morgan fingerprint density at radius 3 is 3.00 bits per heavy atom. The molecular weight excluding hydrogens is 322 g/mol. The smallest absolute Gasteiger partial charge is 0.267 e. The summed E-state index contributed by atoms with van der Waals surface area (Å²) in [5, 5.41) is 7.95. The quantitative estimate of drug-likeness (QED) is 0.724. The molecule has 5 rings (SSSR count). The molecule has 1 aliphatic carbocycles. The van der Waals surface area contributed by atoms with Crippen molar-refractivity contribution in [3.05, 3.63) is 40.8 Å². The van der Waals surface area contributed by atoms with E-state index in [-0.39, 0.29) is 17.6 Å². The van der Waals surface area contributed by atoms with Gasteiger partial charge in [-0.25, -0.2) is 19.6 Å². The fourth-order valence-corrected chi connectivity index (χ4v) is 3.25. The van der Waals surface area contributed by atoms with Crippen molar-refractivity contribution in [1.82, 2.24) is 29.7 Å². The van der Waals surface area contributed by atoms with Gasteiger partial charge in [-0.2, -0.15) is 5.10 Å². The Morgan fingerprint density at radius 2 is 2.12 bits per heavy atom. The molecule has 0 bridgehead atoms. The first kappa shape index (κ1) is 14.5. The van der Waals surface area contributed by atoms with Crippen LogP contribution >= 0.6 is 0 Å². The van der Waals surface area contributed by atoms with Gasteiger partial charge >= 0.3 is 0 Å². The molecule has 2 N–H and O–H groups in total. The number of nitrogens with zero attached hydrogens (tertiary/aromatic N) is 5. The molecule has 0 spiro atoms. The highest BCUT2D eigenvalue weighted by atomic mass is 16.5. The molecule has 4 heterocycles. The maximum Gasteiger partial charge on any atom is 0.267 e. The van der Waals surface area contributed by atoms with E-state index in [1.807, 2.05) is 6.07 Å². The van der Waals surface area contributed by atoms with Gasteiger partial charge < -0.3 is 15.0 Å². The summed E-state index contributed by atoms with van der Waals surface area (Å²) >= 11 is 0. The van der Waals surface area contributed by atoms with Crippen LogP contribution in [0.2, 0.25) is 0 Å². The second kappa shape index (κ2) is 5.62. The zero-order chi connectivity index (χ0) is 16.8. The van der Waals surface area contributed by atoms with Gasteiger partial charge in [-0.15, -0.1) is 0 Å². The molecule has 1 saturated carbocycles. The van der Waals surface area contributed by atoms with Crippen LogP contribution in [0.4, 0.5) is 5.82 Å². The van der Waals surface area contributed by atoms with E-state index in [0.29, 0.717) is 30.6 Å². The number of imidazole rings is 1. The minimum absolute atomic E-state index is 0.110. The molecule has 2 unspecified atom stereocenters. The van der Waals surface area contributed by atoms with Crippen molar-refractivity contribution >= 4 is 17.0 Å². The Morgan fingerprint density at radius 1 is 1.20 bits per heavy atom. The molecular formula is C16H17N7O2. The van der Waals surface area contributed by atoms with Crippen molar-refractivity contribution in [3.63, 3.8) is 0 Å². The molecule has 9 nitrogen and oxygen atoms in total. The van der Waals surface area contributed by atoms with Gasteiger partial charge in [0.05, 0.1) is 31.3 Å². The number of aromatic nitrogens is 6. The number of aromatic amines is 1. The van der Waals surface area contributed by atoms with Crippen LogP contribution < -0.4 is 10.9 Å². The number of anilines is 1. The summed E-state index contributed by atoms with van der Waals surface area (Å²) in [7, 11) is 0. The van der Waals surface area contributed by atoms with Gasteiger partial charge in [0.25, 0.3) is 5.56 Å². The molecule has 2 atom stereocenters. The minimum atomic E-state index is -0.181. The van der Waals surface area contributed by atoms with Crippen LogP contribution in [-0.4, -0.2) is 49.0 Å². The monoisotopic (exact) mass is 339 g/mol. The van der Waals surface area contributed by atoms with Crippen LogP contribution in [0.25, 0.3) is 11.2 Å². The summed E-state index contributed by atoms with van der Waals surface area (Å²) in [4.78, 5) is 27.9. The SMILES string of the molecule is O=c1ccc(C2CC2)nn1C1COCC1Nc1ncnc2nc[nH]c12. The van der Waals surface area contributed by atoms with Gasteiger partial charge in [0.15, 0.2) is 11.5 Å². The zero-order valence-corrected chi connectivity index (χ0v) is 13.4. The van der Waals surface area contributed by atoms with Crippen molar-refractivity contribution in [2.75, 3.05) is 18.5 Å². The fourth-order valence-electron chi connectivity index (χ4n) is 3.25. The molecule has 2 fully saturated rings. The third-order valence-corrected chi connectivity index (χ3v) is 4.75. The number of H-pyrrole nitrogens is 1. The standard InChI is InChI=1S/C16H17N7O2/c24-13-4-3-10(9-1-2-9)22-23(13)12-6-25-5-11(12)21-16-14-15(18-7-17-14)19-8-20-16/h3-4,7-9,11-12H,1-2,5-6H2,(H2,17,18,19,20,21). The van der Waals surface area contributed by atoms with Gasteiger partial charge in [0, 0.05) is 12.0 Å². The Kier molecular flexibility index (Phi) is 3.27. The van der Waals surface area contributed by atoms with E-state index in [2.05, 4.69) is 30.4 Å². The summed E-state index contributed by atoms with van der Waals surface area (Å²) in [5.74, 6) is 1.14. The lowest BCUT2D eigenvalue weighted by molar-refractivity contribution is 0.182. The maximum atomic E-state index is 12.3. The summed E-state index contributed by atoms with van der Waals surface area (Å²) < 4.78 is 7.19. The highest BCUT2D eigenvalue weighted by Gasteiger charge is 2.33. The van der Waals surface area contributed by atoms with Gasteiger partial charge in [0.2, 0.25) is 0 Å². The Labute approximate surface area is 142 Å². The van der Waals surface area contributed by atoms with E-state index in [0.717, 1.165) is 24.1 Å². The molecule has 1 saturated heterocycles. The van der Waals surface area contributed by atoms with Crippen LogP contribution in [0, 0.1) is 0 Å². The highest BCUT2D eigenvalue weighted by Crippen LogP contribution is 2.38. The molecule has 3 aromatic heterocycles. The number of hydrogen-bond donors (Lipinski definition) is 2. The molecule has 9 heteroatoms. The second-order valence-electron chi connectivity index (χ2n) is 6.49. The Balaban J connectivity index is 1.47. The molecule has 128 valence electrons. The molecule has 25 heavy (non-hydrogen) atoms. The number of fused-ring (bicyclic) bond motifs is 1. The number of ether oxygens (including phenoxy) is 1. The van der Waals surface area contributed by atoms with Gasteiger partial charge in [0.1, 0.15) is 17.9 Å². The van der Waals surface area contributed by atoms with E-state index < -0.39 is 0 Å². The summed E-state index contributed by atoms with van der Waals surface area (Å²) in [6.45, 7) is 0.919. The van der Waals surface area contributed by atoms with Gasteiger partial charge in [-0.3, -0.25) is 4.79 Å². The lowest BCUT2D eigenvalue weighted by atomic mass is 10.1. The van der Waals surface area contributed by atoms with E-state index in [1.165, 1.54) is 6.33 Å². The Bertz CT molecular complexity index is 978. The number of nitrogens with one attached hydrogen (secondary N) is 2. The van der Waals surface area contributed by atoms with Crippen LogP contribution in [0.5, 0.6) is 0 Å². The summed E-state index contributed by atoms with van der Waals surface area (Å²) in [6, 6.07) is 3.15. The van der Waals surface area contributed by atoms with Crippen molar-refractivity contribution in [2.45, 2.75) is 30.8 Å². The number of hydrogen-bond acceptors (Lipinski definition) is 7. The fraction of sp³-hybridized carbons (Fsp3) is 0.438. The molecule has 2 aliphatic rings. The predicted octanol–water partition coefficient (Wildman–Crippen LogP) is 0.839. The third kappa shape index (κ3) is 2.56. The highest BCUT2D eigenvalue weighted by molar-refractivity contribution is 5.82. The van der Waals surface area contributed by atoms with Crippen LogP contribution in [0.3, 0.4) is 0 Å². The molecule has 0 amide bonds. The largest absolute Gasteiger partial charge is 0.377 e. The van der Waals surface area contributed by atoms with Gasteiger partial charge in [-0.05, 0) is 18.9 Å². The topological polar surface area (TPSA) is 111 Å². The van der Waals surface area contributed by atoms with Crippen LogP contribution in [0.15, 0.2) is 29.6 Å². The van der Waals surface area contributed by atoms with Gasteiger partial charge in [-0.1, -0.05) is 0 Å². The van der Waals surface area contributed by atoms with Crippen LogP contribution in [-0.2, 0) is 4.74 Å². The minimum Gasteiger partial charge on any atom is -0.377 e.